The van der Waals surface area contributed by atoms with E-state index in [1.165, 1.54) is 25.7 Å². The summed E-state index contributed by atoms with van der Waals surface area (Å²) in [4.78, 5) is 0. The first-order valence-electron chi connectivity index (χ1n) is 5.37. The molecule has 0 amide bonds. The molecule has 0 nitrogen and oxygen atoms in total. The van der Waals surface area contributed by atoms with Crippen LogP contribution in [0.1, 0.15) is 46.5 Å². The normalized spacial score (nSPS) is 37.2. The molecule has 0 bridgehead atoms. The van der Waals surface area contributed by atoms with Gasteiger partial charge in [-0.1, -0.05) is 45.9 Å². The van der Waals surface area contributed by atoms with Crippen molar-refractivity contribution >= 4 is 7.85 Å². The topological polar surface area (TPSA) is 0 Å². The van der Waals surface area contributed by atoms with E-state index >= 15 is 0 Å². The third kappa shape index (κ3) is 2.53. The first-order chi connectivity index (χ1) is 5.61. The molecule has 0 spiro atoms. The first-order valence-corrected chi connectivity index (χ1v) is 5.37. The van der Waals surface area contributed by atoms with Gasteiger partial charge in [-0.05, 0) is 24.2 Å². The van der Waals surface area contributed by atoms with Gasteiger partial charge in [0.15, 0.2) is 0 Å². The minimum absolute atomic E-state index is 0.473. The van der Waals surface area contributed by atoms with Crippen LogP contribution in [0.3, 0.4) is 0 Å². The molecule has 0 aromatic carbocycles. The fraction of sp³-hybridized carbons (Fsp3) is 1.00. The molecule has 3 unspecified atom stereocenters. The molecule has 1 saturated carbocycles. The Labute approximate surface area is 78.5 Å². The van der Waals surface area contributed by atoms with Crippen LogP contribution in [-0.4, -0.2) is 7.85 Å². The zero-order chi connectivity index (χ0) is 9.14. The Morgan fingerprint density at radius 2 is 2.00 bits per heavy atom. The molecule has 0 N–H and O–H groups in total. The zero-order valence-electron chi connectivity index (χ0n) is 8.72. The van der Waals surface area contributed by atoms with Gasteiger partial charge in [0.1, 0.15) is 0 Å². The number of rotatable bonds is 2. The first kappa shape index (κ1) is 10.1. The second kappa shape index (κ2) is 4.34. The Kier molecular flexibility index (Phi) is 3.67. The summed E-state index contributed by atoms with van der Waals surface area (Å²) in [6, 6.07) is 0. The summed E-state index contributed by atoms with van der Waals surface area (Å²) in [7, 11) is 6.17. The lowest BCUT2D eigenvalue weighted by atomic mass is 9.61. The molecule has 1 fully saturated rings. The third-order valence-corrected chi connectivity index (χ3v) is 3.21. The highest BCUT2D eigenvalue weighted by molar-refractivity contribution is 6.12. The Bertz CT molecular complexity index is 131. The van der Waals surface area contributed by atoms with Crippen LogP contribution in [0, 0.1) is 17.8 Å². The van der Waals surface area contributed by atoms with E-state index in [4.69, 9.17) is 7.85 Å². The number of hydrogen-bond acceptors (Lipinski definition) is 0. The van der Waals surface area contributed by atoms with E-state index in [0.717, 1.165) is 17.8 Å². The molecule has 3 atom stereocenters. The lowest BCUT2D eigenvalue weighted by molar-refractivity contribution is 0.250. The Morgan fingerprint density at radius 1 is 1.33 bits per heavy atom. The predicted molar refractivity (Wildman–Crippen MR) is 55.5 cm³/mol. The lowest BCUT2D eigenvalue weighted by Crippen LogP contribution is -2.23. The van der Waals surface area contributed by atoms with Gasteiger partial charge in [-0.15, -0.1) is 0 Å². The fourth-order valence-electron chi connectivity index (χ4n) is 2.43. The van der Waals surface area contributed by atoms with Gasteiger partial charge in [0.2, 0.25) is 0 Å². The van der Waals surface area contributed by atoms with Gasteiger partial charge in [0.05, 0.1) is 7.85 Å². The van der Waals surface area contributed by atoms with E-state index < -0.39 is 0 Å². The summed E-state index contributed by atoms with van der Waals surface area (Å²) in [5.41, 5.74) is 0. The monoisotopic (exact) mass is 164 g/mol. The third-order valence-electron chi connectivity index (χ3n) is 3.21. The van der Waals surface area contributed by atoms with Gasteiger partial charge in [-0.25, -0.2) is 0 Å². The maximum Gasteiger partial charge on any atom is 0.0706 e. The molecule has 2 radical (unpaired) electrons. The lowest BCUT2D eigenvalue weighted by Gasteiger charge is -2.35. The molecule has 1 heteroatoms. The Hall–Kier alpha value is 0.0649. The maximum absolute atomic E-state index is 6.17. The standard InChI is InChI=1S/C11H21B/c1-8(2)7-10-6-4-5-9(3)11(10)12/h8-11H,4-7H2,1-3H3. The molecule has 12 heavy (non-hydrogen) atoms. The predicted octanol–water partition coefficient (Wildman–Crippen LogP) is 3.43. The second-order valence-electron chi connectivity index (χ2n) is 4.88. The largest absolute Gasteiger partial charge is 0.0721 e. The number of hydrogen-bond donors (Lipinski definition) is 0. The molecule has 0 saturated heterocycles. The highest BCUT2D eigenvalue weighted by atomic mass is 14.3. The molecule has 68 valence electrons. The zero-order valence-corrected chi connectivity index (χ0v) is 8.72. The quantitative estimate of drug-likeness (QED) is 0.548. The van der Waals surface area contributed by atoms with Gasteiger partial charge in [-0.2, -0.15) is 0 Å². The van der Waals surface area contributed by atoms with Crippen LogP contribution in [0.15, 0.2) is 0 Å². The van der Waals surface area contributed by atoms with Crippen molar-refractivity contribution in [1.29, 1.82) is 0 Å². The average molecular weight is 164 g/mol. The van der Waals surface area contributed by atoms with Crippen molar-refractivity contribution < 1.29 is 0 Å². The van der Waals surface area contributed by atoms with E-state index in [2.05, 4.69) is 20.8 Å². The van der Waals surface area contributed by atoms with Crippen LogP contribution in [0.2, 0.25) is 5.82 Å². The molecule has 0 heterocycles. The van der Waals surface area contributed by atoms with Crippen LogP contribution in [0.4, 0.5) is 0 Å². The van der Waals surface area contributed by atoms with Gasteiger partial charge in [0.25, 0.3) is 0 Å². The Balaban J connectivity index is 2.41. The minimum atomic E-state index is 0.473. The molecular weight excluding hydrogens is 143 g/mol. The van der Waals surface area contributed by atoms with Crippen molar-refractivity contribution in [1.82, 2.24) is 0 Å². The summed E-state index contributed by atoms with van der Waals surface area (Å²) < 4.78 is 0. The van der Waals surface area contributed by atoms with Crippen molar-refractivity contribution in [3.8, 4) is 0 Å². The minimum Gasteiger partial charge on any atom is -0.0721 e. The SMILES string of the molecule is [B]C1C(C)CCCC1CC(C)C. The molecule has 0 aromatic heterocycles. The van der Waals surface area contributed by atoms with Gasteiger partial charge in [0, 0.05) is 0 Å². The van der Waals surface area contributed by atoms with E-state index in [-0.39, 0.29) is 0 Å². The molecule has 0 aromatic rings. The van der Waals surface area contributed by atoms with Crippen LogP contribution in [0.25, 0.3) is 0 Å². The van der Waals surface area contributed by atoms with E-state index in [9.17, 15) is 0 Å². The highest BCUT2D eigenvalue weighted by Gasteiger charge is 2.26. The summed E-state index contributed by atoms with van der Waals surface area (Å²) >= 11 is 0. The highest BCUT2D eigenvalue weighted by Crippen LogP contribution is 2.40. The molecule has 1 rings (SSSR count). The van der Waals surface area contributed by atoms with E-state index in [1.807, 2.05) is 0 Å². The van der Waals surface area contributed by atoms with Gasteiger partial charge >= 0.3 is 0 Å². The van der Waals surface area contributed by atoms with Gasteiger partial charge in [-0.3, -0.25) is 0 Å². The van der Waals surface area contributed by atoms with E-state index in [0.29, 0.717) is 5.82 Å². The summed E-state index contributed by atoms with van der Waals surface area (Å²) in [6.45, 7) is 6.90. The van der Waals surface area contributed by atoms with Crippen LogP contribution in [-0.2, 0) is 0 Å². The van der Waals surface area contributed by atoms with Crippen LogP contribution >= 0.6 is 0 Å². The van der Waals surface area contributed by atoms with Crippen molar-refractivity contribution in [2.45, 2.75) is 52.3 Å². The fourth-order valence-corrected chi connectivity index (χ4v) is 2.43. The smallest absolute Gasteiger partial charge is 0.0706 e. The summed E-state index contributed by atoms with van der Waals surface area (Å²) in [6.07, 6.45) is 5.43. The molecular formula is C11H21B. The maximum atomic E-state index is 6.17. The summed E-state index contributed by atoms with van der Waals surface area (Å²) in [5.74, 6) is 2.84. The van der Waals surface area contributed by atoms with Crippen molar-refractivity contribution in [2.75, 3.05) is 0 Å². The molecule has 1 aliphatic rings. The summed E-state index contributed by atoms with van der Waals surface area (Å²) in [5, 5.41) is 0. The second-order valence-corrected chi connectivity index (χ2v) is 4.88. The van der Waals surface area contributed by atoms with Crippen LogP contribution < -0.4 is 0 Å². The Morgan fingerprint density at radius 3 is 2.58 bits per heavy atom. The molecule has 1 aliphatic carbocycles. The van der Waals surface area contributed by atoms with Crippen molar-refractivity contribution in [3.05, 3.63) is 0 Å². The molecule has 0 aliphatic heterocycles. The van der Waals surface area contributed by atoms with E-state index in [1.54, 1.807) is 0 Å². The average Bonchev–Trinajstić information content (AvgIpc) is 1.98. The van der Waals surface area contributed by atoms with Crippen molar-refractivity contribution in [3.63, 3.8) is 0 Å². The van der Waals surface area contributed by atoms with Crippen molar-refractivity contribution in [2.24, 2.45) is 17.8 Å². The van der Waals surface area contributed by atoms with Gasteiger partial charge < -0.3 is 0 Å². The van der Waals surface area contributed by atoms with Crippen LogP contribution in [0.5, 0.6) is 0 Å².